The molecule has 0 amide bonds. The number of benzene rings is 1. The lowest BCUT2D eigenvalue weighted by atomic mass is 10.1. The highest BCUT2D eigenvalue weighted by Crippen LogP contribution is 2.24. The minimum Gasteiger partial charge on any atom is -0.406 e. The van der Waals surface area contributed by atoms with Crippen molar-refractivity contribution in [2.45, 2.75) is 25.4 Å². The van der Waals surface area contributed by atoms with E-state index in [1.807, 2.05) is 17.5 Å². The second-order valence-corrected chi connectivity index (χ2v) is 6.45. The molecule has 1 unspecified atom stereocenters. The van der Waals surface area contributed by atoms with E-state index in [4.69, 9.17) is 5.73 Å². The Morgan fingerprint density at radius 1 is 1.28 bits per heavy atom. The SMILES string of the molecule is CC(O)(CNC(N)=NCc1ccc(OC(F)(F)F)cc1)c1cccs1. The number of rotatable bonds is 6. The molecular weight excluding hydrogens is 355 g/mol. The van der Waals surface area contributed by atoms with Crippen molar-refractivity contribution in [1.82, 2.24) is 5.32 Å². The van der Waals surface area contributed by atoms with Gasteiger partial charge in [-0.25, -0.2) is 4.99 Å². The molecule has 0 aliphatic rings. The van der Waals surface area contributed by atoms with Crippen LogP contribution in [0.2, 0.25) is 0 Å². The van der Waals surface area contributed by atoms with Crippen LogP contribution in [0.4, 0.5) is 13.2 Å². The number of thiophene rings is 1. The third kappa shape index (κ3) is 6.28. The average Bonchev–Trinajstić information content (AvgIpc) is 3.06. The Kier molecular flexibility index (Phi) is 5.91. The Morgan fingerprint density at radius 3 is 2.52 bits per heavy atom. The summed E-state index contributed by atoms with van der Waals surface area (Å²) in [7, 11) is 0. The summed E-state index contributed by atoms with van der Waals surface area (Å²) in [6.45, 7) is 2.03. The van der Waals surface area contributed by atoms with Gasteiger partial charge in [-0.05, 0) is 36.1 Å². The van der Waals surface area contributed by atoms with Gasteiger partial charge in [0, 0.05) is 4.88 Å². The number of aliphatic hydroxyl groups is 1. The number of aliphatic imine (C=N–C) groups is 1. The second kappa shape index (κ2) is 7.75. The van der Waals surface area contributed by atoms with Crippen molar-refractivity contribution in [3.05, 3.63) is 52.2 Å². The molecule has 1 atom stereocenters. The lowest BCUT2D eigenvalue weighted by molar-refractivity contribution is -0.274. The molecule has 0 saturated heterocycles. The summed E-state index contributed by atoms with van der Waals surface area (Å²) >= 11 is 1.43. The Morgan fingerprint density at radius 2 is 1.96 bits per heavy atom. The van der Waals surface area contributed by atoms with Crippen molar-refractivity contribution >= 4 is 17.3 Å². The fraction of sp³-hybridized carbons (Fsp3) is 0.312. The number of halogens is 3. The number of nitrogens with one attached hydrogen (secondary N) is 1. The number of nitrogens with zero attached hydrogens (tertiary/aromatic N) is 1. The molecule has 2 rings (SSSR count). The van der Waals surface area contributed by atoms with Gasteiger partial charge in [0.05, 0.1) is 13.1 Å². The van der Waals surface area contributed by atoms with Crippen LogP contribution in [0.15, 0.2) is 46.8 Å². The van der Waals surface area contributed by atoms with Gasteiger partial charge in [0.15, 0.2) is 5.96 Å². The molecule has 4 N–H and O–H groups in total. The van der Waals surface area contributed by atoms with E-state index in [0.29, 0.717) is 5.56 Å². The Hall–Kier alpha value is -2.26. The molecule has 0 aliphatic carbocycles. The molecule has 136 valence electrons. The van der Waals surface area contributed by atoms with Crippen LogP contribution < -0.4 is 15.8 Å². The topological polar surface area (TPSA) is 79.9 Å². The first-order valence-electron chi connectivity index (χ1n) is 7.30. The van der Waals surface area contributed by atoms with Crippen molar-refractivity contribution in [3.63, 3.8) is 0 Å². The molecule has 0 fully saturated rings. The van der Waals surface area contributed by atoms with Gasteiger partial charge in [-0.2, -0.15) is 0 Å². The highest BCUT2D eigenvalue weighted by atomic mass is 32.1. The van der Waals surface area contributed by atoms with Gasteiger partial charge in [-0.15, -0.1) is 24.5 Å². The molecule has 9 heteroatoms. The van der Waals surface area contributed by atoms with Crippen molar-refractivity contribution in [1.29, 1.82) is 0 Å². The normalized spacial score (nSPS) is 14.8. The van der Waals surface area contributed by atoms with Crippen molar-refractivity contribution in [3.8, 4) is 5.75 Å². The standard InChI is InChI=1S/C16H18F3N3O2S/c1-15(23,13-3-2-8-25-13)10-22-14(20)21-9-11-4-6-12(7-5-11)24-16(17,18)19/h2-8,23H,9-10H2,1H3,(H3,20,21,22). The zero-order valence-electron chi connectivity index (χ0n) is 13.4. The largest absolute Gasteiger partial charge is 0.573 e. The van der Waals surface area contributed by atoms with Crippen LogP contribution in [-0.4, -0.2) is 24.0 Å². The van der Waals surface area contributed by atoms with E-state index in [2.05, 4.69) is 15.0 Å². The molecule has 1 aromatic heterocycles. The maximum absolute atomic E-state index is 12.1. The smallest absolute Gasteiger partial charge is 0.406 e. The van der Waals surface area contributed by atoms with Crippen LogP contribution in [0.25, 0.3) is 0 Å². The summed E-state index contributed by atoms with van der Waals surface area (Å²) in [6.07, 6.45) is -4.71. The first kappa shape index (κ1) is 19.1. The molecule has 0 saturated carbocycles. The minimum atomic E-state index is -4.71. The van der Waals surface area contributed by atoms with Crippen LogP contribution in [0.5, 0.6) is 5.75 Å². The number of hydrogen-bond donors (Lipinski definition) is 3. The lowest BCUT2D eigenvalue weighted by Crippen LogP contribution is -2.41. The molecule has 0 radical (unpaired) electrons. The summed E-state index contributed by atoms with van der Waals surface area (Å²) in [5.74, 6) is -0.161. The number of nitrogens with two attached hydrogens (primary N) is 1. The summed E-state index contributed by atoms with van der Waals surface area (Å²) in [5, 5.41) is 15.1. The first-order chi connectivity index (χ1) is 11.7. The molecule has 2 aromatic rings. The van der Waals surface area contributed by atoms with E-state index >= 15 is 0 Å². The number of alkyl halides is 3. The third-order valence-corrected chi connectivity index (χ3v) is 4.38. The summed E-state index contributed by atoms with van der Waals surface area (Å²) in [5.41, 5.74) is 5.35. The quantitative estimate of drug-likeness (QED) is 0.537. The maximum Gasteiger partial charge on any atom is 0.573 e. The van der Waals surface area contributed by atoms with E-state index in [1.54, 1.807) is 6.92 Å². The van der Waals surface area contributed by atoms with Crippen molar-refractivity contribution in [2.24, 2.45) is 10.7 Å². The summed E-state index contributed by atoms with van der Waals surface area (Å²) in [6, 6.07) is 9.04. The number of hydrogen-bond acceptors (Lipinski definition) is 4. The fourth-order valence-corrected chi connectivity index (χ4v) is 2.75. The van der Waals surface area contributed by atoms with Gasteiger partial charge in [0.2, 0.25) is 0 Å². The Labute approximate surface area is 147 Å². The highest BCUT2D eigenvalue weighted by molar-refractivity contribution is 7.10. The summed E-state index contributed by atoms with van der Waals surface area (Å²) < 4.78 is 40.1. The first-order valence-corrected chi connectivity index (χ1v) is 8.18. The zero-order valence-corrected chi connectivity index (χ0v) is 14.2. The van der Waals surface area contributed by atoms with E-state index in [9.17, 15) is 18.3 Å². The molecule has 5 nitrogen and oxygen atoms in total. The maximum atomic E-state index is 12.1. The molecule has 25 heavy (non-hydrogen) atoms. The molecule has 0 bridgehead atoms. The van der Waals surface area contributed by atoms with Crippen molar-refractivity contribution < 1.29 is 23.0 Å². The van der Waals surface area contributed by atoms with Gasteiger partial charge >= 0.3 is 6.36 Å². The van der Waals surface area contributed by atoms with Crippen LogP contribution in [0, 0.1) is 0 Å². The highest BCUT2D eigenvalue weighted by Gasteiger charge is 2.30. The van der Waals surface area contributed by atoms with E-state index in [-0.39, 0.29) is 24.8 Å². The van der Waals surface area contributed by atoms with Crippen LogP contribution in [0.1, 0.15) is 17.4 Å². The molecule has 0 spiro atoms. The average molecular weight is 373 g/mol. The van der Waals surface area contributed by atoms with Crippen LogP contribution in [-0.2, 0) is 12.1 Å². The number of ether oxygens (including phenoxy) is 1. The lowest BCUT2D eigenvalue weighted by Gasteiger charge is -2.22. The van der Waals surface area contributed by atoms with Crippen molar-refractivity contribution in [2.75, 3.05) is 6.54 Å². The van der Waals surface area contributed by atoms with E-state index in [1.165, 1.54) is 35.6 Å². The van der Waals surface area contributed by atoms with E-state index < -0.39 is 12.0 Å². The molecule has 0 aliphatic heterocycles. The van der Waals surface area contributed by atoms with Gasteiger partial charge in [0.25, 0.3) is 0 Å². The Balaban J connectivity index is 1.86. The molecule has 1 aromatic carbocycles. The predicted molar refractivity (Wildman–Crippen MR) is 90.3 cm³/mol. The zero-order chi connectivity index (χ0) is 18.5. The predicted octanol–water partition coefficient (Wildman–Crippen LogP) is 2.96. The third-order valence-electron chi connectivity index (χ3n) is 3.25. The molecule has 1 heterocycles. The monoisotopic (exact) mass is 373 g/mol. The van der Waals surface area contributed by atoms with Gasteiger partial charge in [-0.1, -0.05) is 18.2 Å². The Bertz CT molecular complexity index is 698. The minimum absolute atomic E-state index is 0.132. The second-order valence-electron chi connectivity index (χ2n) is 5.50. The van der Waals surface area contributed by atoms with Gasteiger partial charge in [0.1, 0.15) is 11.4 Å². The molecular formula is C16H18F3N3O2S. The fourth-order valence-electron chi connectivity index (χ4n) is 1.96. The summed E-state index contributed by atoms with van der Waals surface area (Å²) in [4.78, 5) is 4.89. The van der Waals surface area contributed by atoms with Crippen LogP contribution >= 0.6 is 11.3 Å². The number of guanidine groups is 1. The van der Waals surface area contributed by atoms with Gasteiger partial charge < -0.3 is 20.9 Å². The van der Waals surface area contributed by atoms with Gasteiger partial charge in [-0.3, -0.25) is 0 Å². The van der Waals surface area contributed by atoms with Crippen LogP contribution in [0.3, 0.4) is 0 Å². The van der Waals surface area contributed by atoms with E-state index in [0.717, 1.165) is 4.88 Å².